The molecule has 0 aliphatic carbocycles. The molecular weight excluding hydrogens is 268 g/mol. The maximum absolute atomic E-state index is 12.0. The molecule has 0 spiro atoms. The number of anilines is 1. The second-order valence-corrected chi connectivity index (χ2v) is 6.68. The van der Waals surface area contributed by atoms with Gasteiger partial charge in [-0.05, 0) is 18.8 Å². The molecule has 0 unspecified atom stereocenters. The van der Waals surface area contributed by atoms with Gasteiger partial charge in [0.15, 0.2) is 4.34 Å². The second kappa shape index (κ2) is 6.38. The van der Waals surface area contributed by atoms with E-state index in [4.69, 9.17) is 0 Å². The molecule has 1 N–H and O–H groups in total. The van der Waals surface area contributed by atoms with E-state index in [1.807, 2.05) is 11.9 Å². The Morgan fingerprint density at radius 1 is 1.50 bits per heavy atom. The van der Waals surface area contributed by atoms with Gasteiger partial charge in [0.1, 0.15) is 0 Å². The zero-order valence-corrected chi connectivity index (χ0v) is 12.3. The lowest BCUT2D eigenvalue weighted by Gasteiger charge is -2.30. The van der Waals surface area contributed by atoms with Crippen LogP contribution in [-0.4, -0.2) is 46.9 Å². The van der Waals surface area contributed by atoms with E-state index in [1.54, 1.807) is 0 Å². The minimum Gasteiger partial charge on any atom is -0.363 e. The molecule has 0 bridgehead atoms. The molecular formula is C11H18N4OS2. The first kappa shape index (κ1) is 13.6. The Labute approximate surface area is 115 Å². The van der Waals surface area contributed by atoms with Crippen molar-refractivity contribution in [1.82, 2.24) is 15.1 Å². The average molecular weight is 286 g/mol. The van der Waals surface area contributed by atoms with Gasteiger partial charge in [-0.1, -0.05) is 30.0 Å². The van der Waals surface area contributed by atoms with Gasteiger partial charge >= 0.3 is 0 Å². The normalized spacial score (nSPS) is 16.9. The van der Waals surface area contributed by atoms with Gasteiger partial charge in [0, 0.05) is 20.1 Å². The second-order valence-electron chi connectivity index (χ2n) is 4.48. The minimum atomic E-state index is 0.216. The van der Waals surface area contributed by atoms with Crippen LogP contribution in [0, 0.1) is 5.92 Å². The molecule has 1 aliphatic rings. The number of likely N-dealkylation sites (tertiary alicyclic amines) is 1. The van der Waals surface area contributed by atoms with Crippen LogP contribution in [0.3, 0.4) is 0 Å². The first-order valence-electron chi connectivity index (χ1n) is 6.11. The van der Waals surface area contributed by atoms with Gasteiger partial charge in [-0.25, -0.2) is 0 Å². The van der Waals surface area contributed by atoms with Gasteiger partial charge in [0.2, 0.25) is 11.0 Å². The van der Waals surface area contributed by atoms with E-state index in [0.717, 1.165) is 41.3 Å². The van der Waals surface area contributed by atoms with Gasteiger partial charge in [0.05, 0.1) is 5.75 Å². The topological polar surface area (TPSA) is 58.1 Å². The molecule has 5 nitrogen and oxygen atoms in total. The molecule has 1 aliphatic heterocycles. The molecule has 2 heterocycles. The molecule has 0 atom stereocenters. The summed E-state index contributed by atoms with van der Waals surface area (Å²) in [5, 5.41) is 11.7. The number of aromatic nitrogens is 2. The summed E-state index contributed by atoms with van der Waals surface area (Å²) in [6, 6.07) is 0. The Bertz CT molecular complexity index is 402. The lowest BCUT2D eigenvalue weighted by molar-refractivity contribution is -0.129. The average Bonchev–Trinajstić information content (AvgIpc) is 2.85. The Hall–Kier alpha value is -0.820. The van der Waals surface area contributed by atoms with E-state index in [9.17, 15) is 4.79 Å². The van der Waals surface area contributed by atoms with Crippen LogP contribution in [0.2, 0.25) is 0 Å². The summed E-state index contributed by atoms with van der Waals surface area (Å²) in [7, 11) is 1.81. The van der Waals surface area contributed by atoms with Gasteiger partial charge in [-0.3, -0.25) is 4.79 Å². The fourth-order valence-electron chi connectivity index (χ4n) is 1.84. The number of nitrogens with zero attached hydrogens (tertiary/aromatic N) is 3. The third-order valence-corrected chi connectivity index (χ3v) is 5.13. The summed E-state index contributed by atoms with van der Waals surface area (Å²) < 4.78 is 0.845. The number of hydrogen-bond acceptors (Lipinski definition) is 6. The molecule has 18 heavy (non-hydrogen) atoms. The summed E-state index contributed by atoms with van der Waals surface area (Å²) in [5.74, 6) is 1.43. The van der Waals surface area contributed by atoms with Crippen LogP contribution in [0.4, 0.5) is 5.13 Å². The third kappa shape index (κ3) is 3.58. The quantitative estimate of drug-likeness (QED) is 0.857. The SMILES string of the molecule is CNc1nnc(SCC(=O)N2CCC(C)CC2)s1. The van der Waals surface area contributed by atoms with E-state index < -0.39 is 0 Å². The maximum atomic E-state index is 12.0. The number of thioether (sulfide) groups is 1. The van der Waals surface area contributed by atoms with Crippen molar-refractivity contribution in [2.45, 2.75) is 24.1 Å². The fraction of sp³-hybridized carbons (Fsp3) is 0.727. The summed E-state index contributed by atoms with van der Waals surface area (Å²) in [4.78, 5) is 14.0. The van der Waals surface area contributed by atoms with Crippen LogP contribution in [-0.2, 0) is 4.79 Å². The van der Waals surface area contributed by atoms with Gasteiger partial charge in [0.25, 0.3) is 0 Å². The number of rotatable bonds is 4. The first-order chi connectivity index (χ1) is 8.69. The molecule has 1 amide bonds. The zero-order chi connectivity index (χ0) is 13.0. The van der Waals surface area contributed by atoms with Crippen molar-refractivity contribution in [3.05, 3.63) is 0 Å². The van der Waals surface area contributed by atoms with E-state index in [0.29, 0.717) is 5.75 Å². The van der Waals surface area contributed by atoms with Crippen LogP contribution in [0.5, 0.6) is 0 Å². The van der Waals surface area contributed by atoms with Crippen molar-refractivity contribution < 1.29 is 4.79 Å². The zero-order valence-electron chi connectivity index (χ0n) is 10.7. The highest BCUT2D eigenvalue weighted by Crippen LogP contribution is 2.25. The van der Waals surface area contributed by atoms with Gasteiger partial charge in [-0.15, -0.1) is 10.2 Å². The standard InChI is InChI=1S/C11H18N4OS2/c1-8-3-5-15(6-4-8)9(16)7-17-11-14-13-10(12-2)18-11/h8H,3-7H2,1-2H3,(H,12,13). The van der Waals surface area contributed by atoms with E-state index >= 15 is 0 Å². The Morgan fingerprint density at radius 2 is 2.22 bits per heavy atom. The van der Waals surface area contributed by atoms with Crippen molar-refractivity contribution in [2.75, 3.05) is 31.2 Å². The number of piperidine rings is 1. The molecule has 100 valence electrons. The monoisotopic (exact) mass is 286 g/mol. The van der Waals surface area contributed by atoms with E-state index in [2.05, 4.69) is 22.4 Å². The molecule has 0 radical (unpaired) electrons. The highest BCUT2D eigenvalue weighted by Gasteiger charge is 2.20. The maximum Gasteiger partial charge on any atom is 0.233 e. The van der Waals surface area contributed by atoms with Crippen LogP contribution >= 0.6 is 23.1 Å². The predicted octanol–water partition coefficient (Wildman–Crippen LogP) is 1.93. The number of amides is 1. The molecule has 1 saturated heterocycles. The molecule has 2 rings (SSSR count). The van der Waals surface area contributed by atoms with Crippen molar-refractivity contribution in [3.63, 3.8) is 0 Å². The molecule has 0 saturated carbocycles. The Kier molecular flexibility index (Phi) is 4.82. The van der Waals surface area contributed by atoms with Crippen LogP contribution in [0.25, 0.3) is 0 Å². The van der Waals surface area contributed by atoms with Crippen molar-refractivity contribution >= 4 is 34.1 Å². The summed E-state index contributed by atoms with van der Waals surface area (Å²) in [5.41, 5.74) is 0. The van der Waals surface area contributed by atoms with E-state index in [-0.39, 0.29) is 5.91 Å². The Morgan fingerprint density at radius 3 is 2.83 bits per heavy atom. The molecule has 1 aromatic rings. The molecule has 0 aromatic carbocycles. The van der Waals surface area contributed by atoms with Gasteiger partial charge < -0.3 is 10.2 Å². The van der Waals surface area contributed by atoms with Crippen molar-refractivity contribution in [2.24, 2.45) is 5.92 Å². The number of hydrogen-bond donors (Lipinski definition) is 1. The summed E-state index contributed by atoms with van der Waals surface area (Å²) in [6.45, 7) is 4.05. The largest absolute Gasteiger partial charge is 0.363 e. The molecule has 1 aromatic heterocycles. The number of nitrogens with one attached hydrogen (secondary N) is 1. The lowest BCUT2D eigenvalue weighted by Crippen LogP contribution is -2.38. The minimum absolute atomic E-state index is 0.216. The molecule has 7 heteroatoms. The number of carbonyl (C=O) groups excluding carboxylic acids is 1. The van der Waals surface area contributed by atoms with Crippen LogP contribution in [0.1, 0.15) is 19.8 Å². The Balaban J connectivity index is 1.77. The van der Waals surface area contributed by atoms with E-state index in [1.165, 1.54) is 23.1 Å². The number of carbonyl (C=O) groups is 1. The smallest absolute Gasteiger partial charge is 0.233 e. The summed E-state index contributed by atoms with van der Waals surface area (Å²) in [6.07, 6.45) is 2.25. The van der Waals surface area contributed by atoms with Crippen LogP contribution < -0.4 is 5.32 Å². The van der Waals surface area contributed by atoms with Crippen molar-refractivity contribution in [3.8, 4) is 0 Å². The third-order valence-electron chi connectivity index (χ3n) is 3.08. The lowest BCUT2D eigenvalue weighted by atomic mass is 9.99. The van der Waals surface area contributed by atoms with Gasteiger partial charge in [-0.2, -0.15) is 0 Å². The summed E-state index contributed by atoms with van der Waals surface area (Å²) >= 11 is 2.95. The highest BCUT2D eigenvalue weighted by molar-refractivity contribution is 8.01. The fourth-order valence-corrected chi connectivity index (χ4v) is 3.45. The predicted molar refractivity (Wildman–Crippen MR) is 75.2 cm³/mol. The molecule has 1 fully saturated rings. The first-order valence-corrected chi connectivity index (χ1v) is 7.91. The van der Waals surface area contributed by atoms with Crippen molar-refractivity contribution in [1.29, 1.82) is 0 Å². The van der Waals surface area contributed by atoms with Crippen LogP contribution in [0.15, 0.2) is 4.34 Å². The highest BCUT2D eigenvalue weighted by atomic mass is 32.2.